The molecular formula is C33H44IN3O7S. The Bertz CT molecular complexity index is 1390. The predicted molar refractivity (Wildman–Crippen MR) is 179 cm³/mol. The van der Waals surface area contributed by atoms with Crippen LogP contribution in [0.15, 0.2) is 65.3 Å². The molecule has 0 aliphatic carbocycles. The van der Waals surface area contributed by atoms with Crippen molar-refractivity contribution in [3.63, 3.8) is 0 Å². The first kappa shape index (κ1) is 34.1. The van der Waals surface area contributed by atoms with Crippen molar-refractivity contribution in [3.05, 3.63) is 69.5 Å². The van der Waals surface area contributed by atoms with Crippen molar-refractivity contribution >= 4 is 38.5 Å². The monoisotopic (exact) mass is 753 g/mol. The number of piperidine rings is 2. The van der Waals surface area contributed by atoms with Crippen LogP contribution in [-0.2, 0) is 24.3 Å². The Kier molecular flexibility index (Phi) is 12.2. The molecule has 45 heavy (non-hydrogen) atoms. The molecule has 3 aliphatic rings. The van der Waals surface area contributed by atoms with E-state index in [2.05, 4.69) is 39.6 Å². The van der Waals surface area contributed by atoms with Crippen LogP contribution in [-0.4, -0.2) is 105 Å². The molecule has 0 radical (unpaired) electrons. The number of aliphatic hydroxyl groups excluding tert-OH is 1. The summed E-state index contributed by atoms with van der Waals surface area (Å²) in [6.45, 7) is 3.33. The molecule has 2 atom stereocenters. The van der Waals surface area contributed by atoms with E-state index in [1.807, 2.05) is 23.1 Å². The number of sulfonamides is 1. The van der Waals surface area contributed by atoms with Crippen molar-refractivity contribution in [2.45, 2.75) is 61.7 Å². The van der Waals surface area contributed by atoms with Crippen LogP contribution in [0.5, 0.6) is 5.75 Å². The van der Waals surface area contributed by atoms with Crippen molar-refractivity contribution in [2.24, 2.45) is 0 Å². The van der Waals surface area contributed by atoms with Gasteiger partial charge in [0.15, 0.2) is 5.76 Å². The molecule has 0 unspecified atom stereocenters. The van der Waals surface area contributed by atoms with Crippen LogP contribution in [0.3, 0.4) is 0 Å². The molecule has 5 rings (SSSR count). The van der Waals surface area contributed by atoms with Gasteiger partial charge in [0.1, 0.15) is 5.75 Å². The second kappa shape index (κ2) is 16.1. The molecule has 0 spiro atoms. The smallest absolute Gasteiger partial charge is 0.288 e. The summed E-state index contributed by atoms with van der Waals surface area (Å²) in [5, 5.41) is 9.62. The zero-order valence-corrected chi connectivity index (χ0v) is 28.8. The zero-order valence-electron chi connectivity index (χ0n) is 25.9. The van der Waals surface area contributed by atoms with Crippen LogP contribution in [0.4, 0.5) is 0 Å². The molecule has 3 aliphatic heterocycles. The first-order chi connectivity index (χ1) is 21.8. The number of halogens is 1. The van der Waals surface area contributed by atoms with Gasteiger partial charge in [0, 0.05) is 48.1 Å². The van der Waals surface area contributed by atoms with Crippen LogP contribution in [0, 0.1) is 3.57 Å². The topological polar surface area (TPSA) is 109 Å². The van der Waals surface area contributed by atoms with Gasteiger partial charge in [-0.05, 0) is 109 Å². The van der Waals surface area contributed by atoms with Gasteiger partial charge in [-0.25, -0.2) is 8.42 Å². The maximum Gasteiger partial charge on any atom is 0.288 e. The van der Waals surface area contributed by atoms with Gasteiger partial charge in [-0.3, -0.25) is 4.79 Å². The molecule has 12 heteroatoms. The number of hydrogen-bond donors (Lipinski definition) is 1. The minimum atomic E-state index is -3.88. The second-order valence-corrected chi connectivity index (χ2v) is 14.9. The molecule has 3 heterocycles. The molecular weight excluding hydrogens is 709 g/mol. The number of amides is 1. The van der Waals surface area contributed by atoms with E-state index in [1.54, 1.807) is 12.1 Å². The third-order valence-corrected chi connectivity index (χ3v) is 11.5. The van der Waals surface area contributed by atoms with Gasteiger partial charge in [0.2, 0.25) is 16.3 Å². The van der Waals surface area contributed by atoms with Crippen LogP contribution in [0.2, 0.25) is 0 Å². The Labute approximate surface area is 280 Å². The molecule has 2 aromatic carbocycles. The third-order valence-electron chi connectivity index (χ3n) is 8.92. The van der Waals surface area contributed by atoms with E-state index >= 15 is 0 Å². The molecule has 2 fully saturated rings. The first-order valence-electron chi connectivity index (χ1n) is 15.8. The second-order valence-electron chi connectivity index (χ2n) is 11.8. The fourth-order valence-corrected chi connectivity index (χ4v) is 8.15. The van der Waals surface area contributed by atoms with Gasteiger partial charge >= 0.3 is 0 Å². The summed E-state index contributed by atoms with van der Waals surface area (Å²) in [5.74, 6) is 0.610. The predicted octanol–water partition coefficient (Wildman–Crippen LogP) is 4.19. The lowest BCUT2D eigenvalue weighted by atomic mass is 9.92. The van der Waals surface area contributed by atoms with Crippen molar-refractivity contribution in [1.29, 1.82) is 0 Å². The normalized spacial score (nSPS) is 21.8. The molecule has 0 aromatic heterocycles. The summed E-state index contributed by atoms with van der Waals surface area (Å²) in [6, 6.07) is 14.9. The van der Waals surface area contributed by atoms with Gasteiger partial charge in [-0.1, -0.05) is 18.6 Å². The highest BCUT2D eigenvalue weighted by atomic mass is 127. The number of carbonyl (C=O) groups is 1. The summed E-state index contributed by atoms with van der Waals surface area (Å²) >= 11 is 2.27. The lowest BCUT2D eigenvalue weighted by Crippen LogP contribution is -2.49. The fourth-order valence-electron chi connectivity index (χ4n) is 6.37. The number of ether oxygens (including phenoxy) is 3. The van der Waals surface area contributed by atoms with Crippen LogP contribution >= 0.6 is 22.6 Å². The summed E-state index contributed by atoms with van der Waals surface area (Å²) in [7, 11) is -2.36. The van der Waals surface area contributed by atoms with Crippen molar-refractivity contribution < 1.29 is 32.5 Å². The number of likely N-dealkylation sites (tertiary alicyclic amines) is 2. The average Bonchev–Trinajstić information content (AvgIpc) is 3.08. The van der Waals surface area contributed by atoms with Gasteiger partial charge < -0.3 is 29.1 Å². The zero-order chi connectivity index (χ0) is 31.8. The third kappa shape index (κ3) is 8.77. The van der Waals surface area contributed by atoms with Crippen LogP contribution in [0.25, 0.3) is 0 Å². The Balaban J connectivity index is 1.24. The molecule has 2 aromatic rings. The largest absolute Gasteiger partial charge is 0.497 e. The standard InChI is InChI=1S/C33H44IN3O7S/c1-42-29-9-11-30(12-10-29)45(40,41)37(19-21-38)20-22-43-32-24-26(25-5-7-27(34)8-6-25)23-31(44-32)33(39)36-17-13-28(14-18-36)35-15-3-2-4-16-35/h5-12,23,26,28,32,38H,2-4,13-22,24H2,1H3/t26-,32+/m1/s1. The lowest BCUT2D eigenvalue weighted by molar-refractivity contribution is -0.153. The number of allylic oxidation sites excluding steroid dienone is 1. The summed E-state index contributed by atoms with van der Waals surface area (Å²) < 4.78 is 46.4. The number of nitrogens with zero attached hydrogens (tertiary/aromatic N) is 3. The summed E-state index contributed by atoms with van der Waals surface area (Å²) in [5.41, 5.74) is 1.06. The van der Waals surface area contributed by atoms with Gasteiger partial charge in [0.25, 0.3) is 5.91 Å². The average molecular weight is 754 g/mol. The van der Waals surface area contributed by atoms with Crippen LogP contribution < -0.4 is 4.74 Å². The number of methoxy groups -OCH3 is 1. The summed E-state index contributed by atoms with van der Waals surface area (Å²) in [4.78, 5) is 18.3. The van der Waals surface area contributed by atoms with E-state index in [4.69, 9.17) is 14.2 Å². The molecule has 246 valence electrons. The van der Waals surface area contributed by atoms with Crippen molar-refractivity contribution in [3.8, 4) is 5.75 Å². The van der Waals surface area contributed by atoms with Crippen LogP contribution in [0.1, 0.15) is 50.0 Å². The number of hydrogen-bond acceptors (Lipinski definition) is 8. The highest BCUT2D eigenvalue weighted by Crippen LogP contribution is 2.33. The van der Waals surface area contributed by atoms with Crippen molar-refractivity contribution in [1.82, 2.24) is 14.1 Å². The Morgan fingerprint density at radius 3 is 2.33 bits per heavy atom. The number of rotatable bonds is 12. The van der Waals surface area contributed by atoms with E-state index < -0.39 is 16.3 Å². The fraction of sp³-hybridized carbons (Fsp3) is 0.545. The van der Waals surface area contributed by atoms with Gasteiger partial charge in [-0.2, -0.15) is 4.31 Å². The number of aliphatic hydroxyl groups is 1. The quantitative estimate of drug-likeness (QED) is 0.322. The molecule has 10 nitrogen and oxygen atoms in total. The Hall–Kier alpha value is -2.23. The maximum absolute atomic E-state index is 13.8. The number of carbonyl (C=O) groups excluding carboxylic acids is 1. The maximum atomic E-state index is 13.8. The molecule has 0 bridgehead atoms. The van der Waals surface area contributed by atoms with E-state index in [-0.39, 0.29) is 48.8 Å². The molecule has 0 saturated carbocycles. The van der Waals surface area contributed by atoms with E-state index in [1.165, 1.54) is 42.8 Å². The van der Waals surface area contributed by atoms with E-state index in [0.717, 1.165) is 35.1 Å². The minimum absolute atomic E-state index is 0.0139. The Morgan fingerprint density at radius 2 is 1.69 bits per heavy atom. The minimum Gasteiger partial charge on any atom is -0.497 e. The first-order valence-corrected chi connectivity index (χ1v) is 18.3. The highest BCUT2D eigenvalue weighted by Gasteiger charge is 2.34. The summed E-state index contributed by atoms with van der Waals surface area (Å²) in [6.07, 6.45) is 7.41. The molecule has 2 saturated heterocycles. The Morgan fingerprint density at radius 1 is 1.00 bits per heavy atom. The molecule has 1 amide bonds. The number of benzene rings is 2. The van der Waals surface area contributed by atoms with Gasteiger partial charge in [0.05, 0.1) is 25.2 Å². The SMILES string of the molecule is COc1ccc(S(=O)(=O)N(CCO)CCO[C@@H]2C[C@H](c3ccc(I)cc3)C=C(C(=O)N3CCC(N4CCCCC4)CC3)O2)cc1. The highest BCUT2D eigenvalue weighted by molar-refractivity contribution is 14.1. The van der Waals surface area contributed by atoms with E-state index in [0.29, 0.717) is 31.3 Å². The lowest BCUT2D eigenvalue weighted by Gasteiger charge is -2.40. The van der Waals surface area contributed by atoms with Gasteiger partial charge in [-0.15, -0.1) is 0 Å². The van der Waals surface area contributed by atoms with Crippen molar-refractivity contribution in [2.75, 3.05) is 59.6 Å². The molecule has 1 N–H and O–H groups in total. The van der Waals surface area contributed by atoms with E-state index in [9.17, 15) is 18.3 Å².